The van der Waals surface area contributed by atoms with Gasteiger partial charge in [0.2, 0.25) is 11.8 Å². The SMILES string of the molecule is O=C(c1ccc(N2C(=O)[C@@H]3C4c5ccccc5C(c5ccccc54)[C@H]3C2=O)cc1)N1CCCCCC1. The van der Waals surface area contributed by atoms with Gasteiger partial charge < -0.3 is 4.90 Å². The van der Waals surface area contributed by atoms with E-state index in [0.29, 0.717) is 11.3 Å². The van der Waals surface area contributed by atoms with E-state index in [-0.39, 0.29) is 29.6 Å². The number of likely N-dealkylation sites (tertiary alicyclic amines) is 1. The lowest BCUT2D eigenvalue weighted by Gasteiger charge is -2.45. The van der Waals surface area contributed by atoms with Crippen molar-refractivity contribution < 1.29 is 14.4 Å². The van der Waals surface area contributed by atoms with Gasteiger partial charge in [0.05, 0.1) is 17.5 Å². The standard InChI is InChI=1S/C31H28N2O3/c34-29(32-17-7-1-2-8-18-32)19-13-15-20(16-14-19)33-30(35)27-25-21-9-3-4-10-22(21)26(28(27)31(33)36)24-12-6-5-11-23(24)25/h3-6,9-16,25-28H,1-2,7-8,17-18H2/t25?,26?,27-,28-/m1/s1. The van der Waals surface area contributed by atoms with Crippen LogP contribution in [-0.4, -0.2) is 35.7 Å². The lowest BCUT2D eigenvalue weighted by Crippen LogP contribution is -2.41. The summed E-state index contributed by atoms with van der Waals surface area (Å²) in [6, 6.07) is 23.6. The van der Waals surface area contributed by atoms with Crippen molar-refractivity contribution in [2.75, 3.05) is 18.0 Å². The zero-order valence-corrected chi connectivity index (χ0v) is 20.1. The van der Waals surface area contributed by atoms with E-state index < -0.39 is 11.8 Å². The average Bonchev–Trinajstić information content (AvgIpc) is 3.09. The third kappa shape index (κ3) is 2.98. The van der Waals surface area contributed by atoms with Gasteiger partial charge in [0.25, 0.3) is 5.91 Å². The van der Waals surface area contributed by atoms with Crippen molar-refractivity contribution in [3.8, 4) is 0 Å². The Labute approximate surface area is 210 Å². The maximum atomic E-state index is 13.9. The van der Waals surface area contributed by atoms with Crippen molar-refractivity contribution in [2.24, 2.45) is 11.8 Å². The van der Waals surface area contributed by atoms with E-state index >= 15 is 0 Å². The van der Waals surface area contributed by atoms with Gasteiger partial charge >= 0.3 is 0 Å². The molecule has 5 heteroatoms. The van der Waals surface area contributed by atoms with Crippen LogP contribution in [0.1, 0.15) is 70.1 Å². The van der Waals surface area contributed by atoms with Crippen molar-refractivity contribution in [3.05, 3.63) is 101 Å². The largest absolute Gasteiger partial charge is 0.339 e. The number of benzene rings is 3. The topological polar surface area (TPSA) is 57.7 Å². The summed E-state index contributed by atoms with van der Waals surface area (Å²) in [5.41, 5.74) is 5.84. The summed E-state index contributed by atoms with van der Waals surface area (Å²) in [6.07, 6.45) is 4.41. The highest BCUT2D eigenvalue weighted by atomic mass is 16.2. The molecular formula is C31H28N2O3. The summed E-state index contributed by atoms with van der Waals surface area (Å²) in [7, 11) is 0. The summed E-state index contributed by atoms with van der Waals surface area (Å²) >= 11 is 0. The van der Waals surface area contributed by atoms with Gasteiger partial charge in [0, 0.05) is 30.5 Å². The summed E-state index contributed by atoms with van der Waals surface area (Å²) < 4.78 is 0. The molecule has 180 valence electrons. The second-order valence-corrected chi connectivity index (χ2v) is 10.5. The monoisotopic (exact) mass is 476 g/mol. The average molecular weight is 477 g/mol. The molecule has 0 aromatic heterocycles. The molecule has 36 heavy (non-hydrogen) atoms. The van der Waals surface area contributed by atoms with E-state index in [1.807, 2.05) is 29.2 Å². The molecule has 2 heterocycles. The van der Waals surface area contributed by atoms with Crippen LogP contribution in [0.15, 0.2) is 72.8 Å². The third-order valence-electron chi connectivity index (χ3n) is 8.71. The number of carbonyl (C=O) groups is 3. The van der Waals surface area contributed by atoms with E-state index in [4.69, 9.17) is 0 Å². The van der Waals surface area contributed by atoms with Crippen LogP contribution in [0.2, 0.25) is 0 Å². The number of hydrogen-bond acceptors (Lipinski definition) is 3. The highest BCUT2D eigenvalue weighted by Gasteiger charge is 2.61. The molecule has 3 aliphatic carbocycles. The van der Waals surface area contributed by atoms with Crippen LogP contribution in [0, 0.1) is 11.8 Å². The quantitative estimate of drug-likeness (QED) is 0.484. The molecule has 2 atom stereocenters. The van der Waals surface area contributed by atoms with Crippen LogP contribution in [-0.2, 0) is 9.59 Å². The summed E-state index contributed by atoms with van der Waals surface area (Å²) in [4.78, 5) is 44.1. The minimum Gasteiger partial charge on any atom is -0.339 e. The van der Waals surface area contributed by atoms with Crippen LogP contribution in [0.4, 0.5) is 5.69 Å². The van der Waals surface area contributed by atoms with Crippen LogP contribution in [0.25, 0.3) is 0 Å². The number of hydrogen-bond donors (Lipinski definition) is 0. The number of anilines is 1. The Morgan fingerprint density at radius 1 is 0.611 bits per heavy atom. The first-order valence-corrected chi connectivity index (χ1v) is 13.1. The minimum absolute atomic E-state index is 0.0279. The van der Waals surface area contributed by atoms with Crippen LogP contribution < -0.4 is 4.90 Å². The van der Waals surface area contributed by atoms with Gasteiger partial charge in [-0.15, -0.1) is 0 Å². The molecule has 2 bridgehead atoms. The molecule has 5 nitrogen and oxygen atoms in total. The van der Waals surface area contributed by atoms with E-state index in [0.717, 1.165) is 25.9 Å². The molecule has 2 aliphatic heterocycles. The fourth-order valence-corrected chi connectivity index (χ4v) is 7.14. The lowest BCUT2D eigenvalue weighted by atomic mass is 9.55. The predicted molar refractivity (Wildman–Crippen MR) is 137 cm³/mol. The van der Waals surface area contributed by atoms with Crippen molar-refractivity contribution in [2.45, 2.75) is 37.5 Å². The number of imide groups is 1. The molecule has 2 saturated heterocycles. The Morgan fingerprint density at radius 3 is 1.50 bits per heavy atom. The highest BCUT2D eigenvalue weighted by molar-refractivity contribution is 6.23. The van der Waals surface area contributed by atoms with Gasteiger partial charge in [-0.1, -0.05) is 61.4 Å². The smallest absolute Gasteiger partial charge is 0.253 e. The zero-order chi connectivity index (χ0) is 24.4. The highest BCUT2D eigenvalue weighted by Crippen LogP contribution is 2.61. The zero-order valence-electron chi connectivity index (χ0n) is 20.1. The van der Waals surface area contributed by atoms with Crippen molar-refractivity contribution >= 4 is 23.4 Å². The van der Waals surface area contributed by atoms with Crippen LogP contribution >= 0.6 is 0 Å². The molecular weight excluding hydrogens is 448 g/mol. The molecule has 5 aliphatic rings. The first kappa shape index (κ1) is 21.5. The maximum absolute atomic E-state index is 13.9. The molecule has 3 aromatic carbocycles. The Morgan fingerprint density at radius 2 is 1.06 bits per heavy atom. The van der Waals surface area contributed by atoms with Gasteiger partial charge in [-0.05, 0) is 59.4 Å². The molecule has 3 aromatic rings. The van der Waals surface area contributed by atoms with Gasteiger partial charge in [-0.25, -0.2) is 4.90 Å². The second-order valence-electron chi connectivity index (χ2n) is 10.5. The molecule has 8 rings (SSSR count). The fourth-order valence-electron chi connectivity index (χ4n) is 7.14. The second kappa shape index (κ2) is 8.16. The Hall–Kier alpha value is -3.73. The molecule has 0 radical (unpaired) electrons. The Kier molecular flexibility index (Phi) is 4.88. The molecule has 0 N–H and O–H groups in total. The normalized spacial score (nSPS) is 26.3. The van der Waals surface area contributed by atoms with Crippen LogP contribution in [0.5, 0.6) is 0 Å². The number of amides is 3. The van der Waals surface area contributed by atoms with Crippen molar-refractivity contribution in [1.29, 1.82) is 0 Å². The number of nitrogens with zero attached hydrogens (tertiary/aromatic N) is 2. The third-order valence-corrected chi connectivity index (χ3v) is 8.71. The number of carbonyl (C=O) groups excluding carboxylic acids is 3. The van der Waals surface area contributed by atoms with E-state index in [9.17, 15) is 14.4 Å². The van der Waals surface area contributed by atoms with E-state index in [1.165, 1.54) is 40.0 Å². The molecule has 0 spiro atoms. The van der Waals surface area contributed by atoms with Gasteiger partial charge in [0.15, 0.2) is 0 Å². The van der Waals surface area contributed by atoms with Crippen molar-refractivity contribution in [3.63, 3.8) is 0 Å². The predicted octanol–water partition coefficient (Wildman–Crippen LogP) is 5.10. The number of rotatable bonds is 2. The Balaban J connectivity index is 1.23. The molecule has 3 amide bonds. The summed E-state index contributed by atoms with van der Waals surface area (Å²) in [5.74, 6) is -1.25. The Bertz CT molecular complexity index is 1270. The fraction of sp³-hybridized carbons (Fsp3) is 0.323. The first-order chi connectivity index (χ1) is 17.6. The van der Waals surface area contributed by atoms with Gasteiger partial charge in [0.1, 0.15) is 0 Å². The van der Waals surface area contributed by atoms with Gasteiger partial charge in [-0.2, -0.15) is 0 Å². The van der Waals surface area contributed by atoms with E-state index in [2.05, 4.69) is 24.3 Å². The molecule has 0 unspecified atom stereocenters. The van der Waals surface area contributed by atoms with Crippen molar-refractivity contribution in [1.82, 2.24) is 4.90 Å². The first-order valence-electron chi connectivity index (χ1n) is 13.1. The molecule has 2 fully saturated rings. The van der Waals surface area contributed by atoms with E-state index in [1.54, 1.807) is 24.3 Å². The summed E-state index contributed by atoms with van der Waals surface area (Å²) in [5, 5.41) is 0. The van der Waals surface area contributed by atoms with Gasteiger partial charge in [-0.3, -0.25) is 14.4 Å². The molecule has 0 saturated carbocycles. The summed E-state index contributed by atoms with van der Waals surface area (Å²) in [6.45, 7) is 1.58. The van der Waals surface area contributed by atoms with Crippen LogP contribution in [0.3, 0.4) is 0 Å². The maximum Gasteiger partial charge on any atom is 0.253 e. The minimum atomic E-state index is -0.397. The lowest BCUT2D eigenvalue weighted by molar-refractivity contribution is -0.122.